The van der Waals surface area contributed by atoms with Crippen LogP contribution in [0.3, 0.4) is 0 Å². The minimum Gasteiger partial charge on any atom is -0.342 e. The minimum absolute atomic E-state index is 0.0405. The van der Waals surface area contributed by atoms with Gasteiger partial charge in [0.2, 0.25) is 11.7 Å². The molecule has 0 aliphatic carbocycles. The third kappa shape index (κ3) is 4.10. The van der Waals surface area contributed by atoms with Gasteiger partial charge in [-0.05, 0) is 43.2 Å². The van der Waals surface area contributed by atoms with Crippen molar-refractivity contribution in [1.82, 2.24) is 24.1 Å². The van der Waals surface area contributed by atoms with Gasteiger partial charge in [-0.3, -0.25) is 18.6 Å². The number of aryl methyl sites for hydroxylation is 1. The molecule has 3 heterocycles. The molecule has 7 nitrogen and oxygen atoms in total. The summed E-state index contributed by atoms with van der Waals surface area (Å²) < 4.78 is 3.64. The highest BCUT2D eigenvalue weighted by atomic mass is 32.2. The van der Waals surface area contributed by atoms with Crippen LogP contribution in [0.2, 0.25) is 0 Å². The van der Waals surface area contributed by atoms with Crippen LogP contribution in [0.15, 0.2) is 34.2 Å². The van der Waals surface area contributed by atoms with Gasteiger partial charge in [0.25, 0.3) is 5.56 Å². The Bertz CT molecular complexity index is 1110. The first-order chi connectivity index (χ1) is 14.5. The maximum atomic E-state index is 13.1. The Morgan fingerprint density at radius 2 is 1.93 bits per heavy atom. The van der Waals surface area contributed by atoms with Crippen molar-refractivity contribution in [1.29, 1.82) is 0 Å². The van der Waals surface area contributed by atoms with Crippen molar-refractivity contribution in [3.8, 4) is 0 Å². The second kappa shape index (κ2) is 8.79. The molecular formula is C22H29N5O2S. The molecule has 1 saturated heterocycles. The van der Waals surface area contributed by atoms with Gasteiger partial charge in [0.1, 0.15) is 0 Å². The van der Waals surface area contributed by atoms with Crippen LogP contribution in [0, 0.1) is 11.8 Å². The zero-order chi connectivity index (χ0) is 21.3. The van der Waals surface area contributed by atoms with Crippen molar-refractivity contribution in [2.24, 2.45) is 11.8 Å². The average Bonchev–Trinajstić information content (AvgIpc) is 3.16. The number of rotatable bonds is 6. The van der Waals surface area contributed by atoms with E-state index >= 15 is 0 Å². The fourth-order valence-electron chi connectivity index (χ4n) is 3.89. The summed E-state index contributed by atoms with van der Waals surface area (Å²) in [5.74, 6) is 2.18. The van der Waals surface area contributed by atoms with E-state index in [1.807, 2.05) is 33.6 Å². The summed E-state index contributed by atoms with van der Waals surface area (Å²) >= 11 is 1.40. The first-order valence-corrected chi connectivity index (χ1v) is 11.7. The molecule has 8 heteroatoms. The van der Waals surface area contributed by atoms with Crippen molar-refractivity contribution in [2.75, 3.05) is 18.8 Å². The van der Waals surface area contributed by atoms with E-state index in [1.54, 1.807) is 4.57 Å². The van der Waals surface area contributed by atoms with E-state index in [1.165, 1.54) is 11.8 Å². The summed E-state index contributed by atoms with van der Waals surface area (Å²) in [5.41, 5.74) is 0.742. The van der Waals surface area contributed by atoms with Gasteiger partial charge >= 0.3 is 0 Å². The minimum atomic E-state index is -0.0405. The molecule has 0 atom stereocenters. The van der Waals surface area contributed by atoms with Gasteiger partial charge in [-0.1, -0.05) is 44.7 Å². The second-order valence-corrected chi connectivity index (χ2v) is 9.57. The Kier molecular flexibility index (Phi) is 6.13. The fourth-order valence-corrected chi connectivity index (χ4v) is 4.73. The molecule has 3 aromatic rings. The van der Waals surface area contributed by atoms with Crippen molar-refractivity contribution in [3.05, 3.63) is 34.6 Å². The molecule has 0 saturated carbocycles. The molecule has 160 valence electrons. The largest absolute Gasteiger partial charge is 0.342 e. The number of hydrogen-bond donors (Lipinski definition) is 0. The van der Waals surface area contributed by atoms with E-state index in [-0.39, 0.29) is 11.5 Å². The molecule has 0 spiro atoms. The molecule has 1 amide bonds. The van der Waals surface area contributed by atoms with E-state index in [4.69, 9.17) is 0 Å². The lowest BCUT2D eigenvalue weighted by atomic mass is 9.99. The normalized spacial score (nSPS) is 15.5. The van der Waals surface area contributed by atoms with Crippen LogP contribution in [0.4, 0.5) is 0 Å². The number of carbonyl (C=O) groups is 1. The molecule has 1 aliphatic heterocycles. The zero-order valence-corrected chi connectivity index (χ0v) is 18.7. The number of nitrogens with zero attached hydrogens (tertiary/aromatic N) is 5. The lowest BCUT2D eigenvalue weighted by Gasteiger charge is -2.30. The number of likely N-dealkylation sites (tertiary alicyclic amines) is 1. The number of amides is 1. The highest BCUT2D eigenvalue weighted by Crippen LogP contribution is 2.23. The lowest BCUT2D eigenvalue weighted by molar-refractivity contribution is -0.129. The summed E-state index contributed by atoms with van der Waals surface area (Å²) in [5, 5.41) is 9.98. The van der Waals surface area contributed by atoms with Gasteiger partial charge in [-0.15, -0.1) is 10.2 Å². The number of aromatic nitrogens is 4. The average molecular weight is 428 g/mol. The zero-order valence-electron chi connectivity index (χ0n) is 17.9. The molecule has 1 aromatic carbocycles. The molecular weight excluding hydrogens is 398 g/mol. The van der Waals surface area contributed by atoms with Crippen molar-refractivity contribution in [2.45, 2.75) is 51.7 Å². The van der Waals surface area contributed by atoms with Gasteiger partial charge in [-0.2, -0.15) is 0 Å². The van der Waals surface area contributed by atoms with Gasteiger partial charge in [0, 0.05) is 19.6 Å². The summed E-state index contributed by atoms with van der Waals surface area (Å²) in [6.45, 7) is 8.78. The van der Waals surface area contributed by atoms with E-state index in [2.05, 4.69) is 31.0 Å². The molecule has 30 heavy (non-hydrogen) atoms. The van der Waals surface area contributed by atoms with Crippen LogP contribution in [0.25, 0.3) is 16.7 Å². The number of hydrogen-bond acceptors (Lipinski definition) is 5. The van der Waals surface area contributed by atoms with Crippen LogP contribution < -0.4 is 5.56 Å². The van der Waals surface area contributed by atoms with Gasteiger partial charge in [0.15, 0.2) is 5.16 Å². The van der Waals surface area contributed by atoms with Gasteiger partial charge in [0.05, 0.1) is 16.7 Å². The van der Waals surface area contributed by atoms with E-state index in [9.17, 15) is 9.59 Å². The maximum absolute atomic E-state index is 13.1. The maximum Gasteiger partial charge on any atom is 0.262 e. The second-order valence-electron chi connectivity index (χ2n) is 8.63. The van der Waals surface area contributed by atoms with E-state index in [0.29, 0.717) is 40.5 Å². The molecule has 0 N–H and O–H groups in total. The first kappa shape index (κ1) is 20.9. The van der Waals surface area contributed by atoms with Gasteiger partial charge in [-0.25, -0.2) is 0 Å². The molecule has 0 bridgehead atoms. The van der Waals surface area contributed by atoms with Crippen LogP contribution in [0.1, 0.15) is 40.0 Å². The first-order valence-electron chi connectivity index (χ1n) is 10.7. The number of para-hydroxylation sites is 1. The van der Waals surface area contributed by atoms with Gasteiger partial charge < -0.3 is 4.90 Å². The molecule has 0 radical (unpaired) electrons. The highest BCUT2D eigenvalue weighted by molar-refractivity contribution is 7.99. The van der Waals surface area contributed by atoms with Crippen LogP contribution in [0.5, 0.6) is 0 Å². The number of fused-ring (bicyclic) bond motifs is 3. The SMILES string of the molecule is CC(C)CCn1c(=O)c2ccccc2n2c(SCC(=O)N3CCC(C)CC3)nnc12. The Morgan fingerprint density at radius 3 is 2.67 bits per heavy atom. The summed E-state index contributed by atoms with van der Waals surface area (Å²) in [6, 6.07) is 7.55. The molecule has 4 rings (SSSR count). The predicted molar refractivity (Wildman–Crippen MR) is 120 cm³/mol. The lowest BCUT2D eigenvalue weighted by Crippen LogP contribution is -2.38. The third-order valence-corrected chi connectivity index (χ3v) is 6.78. The Balaban J connectivity index is 1.66. The quantitative estimate of drug-likeness (QED) is 0.564. The standard InChI is InChI=1S/C22H29N5O2S/c1-15(2)8-13-26-20(29)17-6-4-5-7-18(17)27-21(26)23-24-22(27)30-14-19(28)25-11-9-16(3)10-12-25/h4-7,15-16H,8-14H2,1-3H3. The smallest absolute Gasteiger partial charge is 0.262 e. The Morgan fingerprint density at radius 1 is 1.20 bits per heavy atom. The highest BCUT2D eigenvalue weighted by Gasteiger charge is 2.22. The van der Waals surface area contributed by atoms with Crippen LogP contribution in [-0.4, -0.2) is 48.8 Å². The van der Waals surface area contributed by atoms with E-state index in [0.717, 1.165) is 37.9 Å². The van der Waals surface area contributed by atoms with Crippen molar-refractivity contribution >= 4 is 34.3 Å². The number of benzene rings is 1. The van der Waals surface area contributed by atoms with E-state index < -0.39 is 0 Å². The number of thioether (sulfide) groups is 1. The molecule has 1 fully saturated rings. The predicted octanol–water partition coefficient (Wildman–Crippen LogP) is 3.44. The summed E-state index contributed by atoms with van der Waals surface area (Å²) in [7, 11) is 0. The number of piperidine rings is 1. The number of carbonyl (C=O) groups excluding carboxylic acids is 1. The summed E-state index contributed by atoms with van der Waals surface area (Å²) in [4.78, 5) is 27.7. The van der Waals surface area contributed by atoms with Crippen LogP contribution >= 0.6 is 11.8 Å². The van der Waals surface area contributed by atoms with Crippen LogP contribution in [-0.2, 0) is 11.3 Å². The molecule has 1 aliphatic rings. The molecule has 2 aromatic heterocycles. The van der Waals surface area contributed by atoms with Crippen molar-refractivity contribution in [3.63, 3.8) is 0 Å². The fraction of sp³-hybridized carbons (Fsp3) is 0.545. The molecule has 0 unspecified atom stereocenters. The Hall–Kier alpha value is -2.35. The monoisotopic (exact) mass is 427 g/mol. The summed E-state index contributed by atoms with van der Waals surface area (Å²) in [6.07, 6.45) is 3.02. The third-order valence-electron chi connectivity index (χ3n) is 5.87. The Labute approximate surface area is 180 Å². The van der Waals surface area contributed by atoms with Crippen molar-refractivity contribution < 1.29 is 4.79 Å². The topological polar surface area (TPSA) is 72.5 Å².